The Bertz CT molecular complexity index is 300. The molecule has 1 unspecified atom stereocenters. The maximum Gasteiger partial charge on any atom is 0.220 e. The van der Waals surface area contributed by atoms with E-state index in [2.05, 4.69) is 21.2 Å². The summed E-state index contributed by atoms with van der Waals surface area (Å²) in [4.78, 5) is 11.4. The van der Waals surface area contributed by atoms with Crippen LogP contribution in [0.3, 0.4) is 0 Å². The molecule has 15 heavy (non-hydrogen) atoms. The van der Waals surface area contributed by atoms with Gasteiger partial charge in [-0.25, -0.2) is 0 Å². The van der Waals surface area contributed by atoms with Crippen LogP contribution in [0.15, 0.2) is 30.3 Å². The van der Waals surface area contributed by atoms with Gasteiger partial charge in [0, 0.05) is 13.0 Å². The van der Waals surface area contributed by atoms with Crippen LogP contribution in [0.2, 0.25) is 0 Å². The Labute approximate surface area is 99.2 Å². The Hall–Kier alpha value is -0.830. The summed E-state index contributed by atoms with van der Waals surface area (Å²) in [5.74, 6) is 0.123. The highest BCUT2D eigenvalue weighted by Gasteiger charge is 2.07. The van der Waals surface area contributed by atoms with E-state index in [0.29, 0.717) is 13.0 Å². The second-order valence-corrected chi connectivity index (χ2v) is 4.54. The molecule has 0 aromatic heterocycles. The van der Waals surface area contributed by atoms with Crippen molar-refractivity contribution in [3.8, 4) is 0 Å². The van der Waals surface area contributed by atoms with E-state index in [0.717, 1.165) is 6.42 Å². The molecule has 82 valence electrons. The molecule has 1 rings (SSSR count). The highest BCUT2D eigenvalue weighted by molar-refractivity contribution is 9.09. The summed E-state index contributed by atoms with van der Waals surface area (Å²) in [6.07, 6.45) is 1.50. The van der Waals surface area contributed by atoms with Gasteiger partial charge in [0.25, 0.3) is 0 Å². The molecule has 0 aliphatic heterocycles. The second-order valence-electron chi connectivity index (χ2n) is 3.43. The lowest BCUT2D eigenvalue weighted by Crippen LogP contribution is -2.26. The van der Waals surface area contributed by atoms with Crippen LogP contribution < -0.4 is 5.32 Å². The van der Waals surface area contributed by atoms with Crippen molar-refractivity contribution in [1.29, 1.82) is 0 Å². The zero-order chi connectivity index (χ0) is 11.1. The van der Waals surface area contributed by atoms with Gasteiger partial charge in [0.1, 0.15) is 0 Å². The summed E-state index contributed by atoms with van der Waals surface area (Å²) in [6, 6.07) is 10.1. The van der Waals surface area contributed by atoms with E-state index in [-0.39, 0.29) is 10.7 Å². The number of amides is 1. The van der Waals surface area contributed by atoms with E-state index in [9.17, 15) is 4.79 Å². The van der Waals surface area contributed by atoms with Crippen molar-refractivity contribution in [2.45, 2.75) is 24.6 Å². The second kappa shape index (κ2) is 6.62. The molecule has 1 amide bonds. The molecule has 0 aliphatic carbocycles. The van der Waals surface area contributed by atoms with Crippen molar-refractivity contribution in [3.05, 3.63) is 35.9 Å². The number of alkyl halides is 1. The van der Waals surface area contributed by atoms with Gasteiger partial charge < -0.3 is 5.32 Å². The van der Waals surface area contributed by atoms with Crippen LogP contribution in [0.5, 0.6) is 0 Å². The van der Waals surface area contributed by atoms with Crippen molar-refractivity contribution in [1.82, 2.24) is 5.32 Å². The lowest BCUT2D eigenvalue weighted by atomic mass is 10.1. The molecule has 0 bridgehead atoms. The fraction of sp³-hybridized carbons (Fsp3) is 0.417. The third-order valence-corrected chi connectivity index (χ3v) is 2.97. The predicted octanol–water partition coefficient (Wildman–Crippen LogP) is 3.04. The minimum Gasteiger partial charge on any atom is -0.355 e. The number of carbonyl (C=O) groups is 1. The summed E-state index contributed by atoms with van der Waals surface area (Å²) in [6.45, 7) is 2.64. The minimum atomic E-state index is 0.123. The Balaban J connectivity index is 2.37. The van der Waals surface area contributed by atoms with Crippen LogP contribution in [-0.2, 0) is 4.79 Å². The van der Waals surface area contributed by atoms with Crippen LogP contribution in [-0.4, -0.2) is 12.5 Å². The number of benzene rings is 1. The zero-order valence-electron chi connectivity index (χ0n) is 8.87. The van der Waals surface area contributed by atoms with Crippen molar-refractivity contribution in [2.24, 2.45) is 0 Å². The van der Waals surface area contributed by atoms with Crippen LogP contribution in [0.25, 0.3) is 0 Å². The molecule has 2 nitrogen and oxygen atoms in total. The highest BCUT2D eigenvalue weighted by Crippen LogP contribution is 2.20. The number of hydrogen-bond donors (Lipinski definition) is 1. The fourth-order valence-corrected chi connectivity index (χ4v) is 1.77. The molecule has 0 heterocycles. The summed E-state index contributed by atoms with van der Waals surface area (Å²) in [5.41, 5.74) is 1.19. The zero-order valence-corrected chi connectivity index (χ0v) is 10.5. The molecule has 1 aromatic rings. The van der Waals surface area contributed by atoms with Crippen molar-refractivity contribution in [3.63, 3.8) is 0 Å². The summed E-state index contributed by atoms with van der Waals surface area (Å²) in [5, 5.41) is 2.90. The van der Waals surface area contributed by atoms with Gasteiger partial charge in [-0.15, -0.1) is 0 Å². The van der Waals surface area contributed by atoms with Crippen molar-refractivity contribution >= 4 is 21.8 Å². The number of halogens is 1. The smallest absolute Gasteiger partial charge is 0.220 e. The van der Waals surface area contributed by atoms with E-state index in [1.807, 2.05) is 37.3 Å². The Morgan fingerprint density at radius 1 is 1.40 bits per heavy atom. The minimum absolute atomic E-state index is 0.123. The van der Waals surface area contributed by atoms with E-state index in [4.69, 9.17) is 0 Å². The summed E-state index contributed by atoms with van der Waals surface area (Å²) in [7, 11) is 0. The summed E-state index contributed by atoms with van der Waals surface area (Å²) < 4.78 is 0. The molecular formula is C12H16BrNO. The summed E-state index contributed by atoms with van der Waals surface area (Å²) >= 11 is 3.55. The molecule has 0 saturated heterocycles. The van der Waals surface area contributed by atoms with Gasteiger partial charge in [-0.1, -0.05) is 53.2 Å². The fourth-order valence-electron chi connectivity index (χ4n) is 1.30. The van der Waals surface area contributed by atoms with Gasteiger partial charge in [0.2, 0.25) is 5.91 Å². The lowest BCUT2D eigenvalue weighted by molar-refractivity contribution is -0.121. The first-order valence-electron chi connectivity index (χ1n) is 5.19. The van der Waals surface area contributed by atoms with E-state index in [1.165, 1.54) is 5.56 Å². The standard InChI is InChI=1S/C12H16BrNO/c1-2-6-12(15)14-9-11(13)10-7-4-3-5-8-10/h3-5,7-8,11H,2,6,9H2,1H3,(H,14,15). The largest absolute Gasteiger partial charge is 0.355 e. The maximum absolute atomic E-state index is 11.2. The van der Waals surface area contributed by atoms with Gasteiger partial charge in [-0.3, -0.25) is 4.79 Å². The first-order chi connectivity index (χ1) is 7.24. The molecule has 0 fully saturated rings. The molecule has 0 aliphatic rings. The maximum atomic E-state index is 11.2. The van der Waals surface area contributed by atoms with Crippen LogP contribution in [0, 0.1) is 0 Å². The molecule has 1 N–H and O–H groups in total. The van der Waals surface area contributed by atoms with Crippen LogP contribution >= 0.6 is 15.9 Å². The third-order valence-electron chi connectivity index (χ3n) is 2.12. The monoisotopic (exact) mass is 269 g/mol. The molecule has 0 saturated carbocycles. The molecule has 1 aromatic carbocycles. The number of carbonyl (C=O) groups excluding carboxylic acids is 1. The normalized spacial score (nSPS) is 12.1. The van der Waals surface area contributed by atoms with E-state index in [1.54, 1.807) is 0 Å². The van der Waals surface area contributed by atoms with E-state index >= 15 is 0 Å². The number of nitrogens with one attached hydrogen (secondary N) is 1. The number of rotatable bonds is 5. The van der Waals surface area contributed by atoms with E-state index < -0.39 is 0 Å². The predicted molar refractivity (Wildman–Crippen MR) is 66.0 cm³/mol. The van der Waals surface area contributed by atoms with Crippen molar-refractivity contribution < 1.29 is 4.79 Å². The van der Waals surface area contributed by atoms with Gasteiger partial charge in [0.05, 0.1) is 4.83 Å². The molecule has 3 heteroatoms. The molecule has 0 radical (unpaired) electrons. The topological polar surface area (TPSA) is 29.1 Å². The van der Waals surface area contributed by atoms with Crippen molar-refractivity contribution in [2.75, 3.05) is 6.54 Å². The first-order valence-corrected chi connectivity index (χ1v) is 6.11. The van der Waals surface area contributed by atoms with Crippen LogP contribution in [0.1, 0.15) is 30.2 Å². The van der Waals surface area contributed by atoms with Gasteiger partial charge >= 0.3 is 0 Å². The van der Waals surface area contributed by atoms with Gasteiger partial charge in [0.15, 0.2) is 0 Å². The SMILES string of the molecule is CCCC(=O)NCC(Br)c1ccccc1. The highest BCUT2D eigenvalue weighted by atomic mass is 79.9. The number of hydrogen-bond acceptors (Lipinski definition) is 1. The molecule has 0 spiro atoms. The van der Waals surface area contributed by atoms with Gasteiger partial charge in [-0.05, 0) is 12.0 Å². The quantitative estimate of drug-likeness (QED) is 0.819. The third kappa shape index (κ3) is 4.47. The average Bonchev–Trinajstić information content (AvgIpc) is 2.27. The Morgan fingerprint density at radius 2 is 2.07 bits per heavy atom. The first kappa shape index (κ1) is 12.2. The lowest BCUT2D eigenvalue weighted by Gasteiger charge is -2.11. The molecular weight excluding hydrogens is 254 g/mol. The Kier molecular flexibility index (Phi) is 5.40. The Morgan fingerprint density at radius 3 is 2.67 bits per heavy atom. The average molecular weight is 270 g/mol. The molecule has 1 atom stereocenters. The van der Waals surface area contributed by atoms with Gasteiger partial charge in [-0.2, -0.15) is 0 Å². The van der Waals surface area contributed by atoms with Crippen LogP contribution in [0.4, 0.5) is 0 Å².